The van der Waals surface area contributed by atoms with Crippen molar-refractivity contribution in [2.24, 2.45) is 0 Å². The van der Waals surface area contributed by atoms with Gasteiger partial charge in [0.15, 0.2) is 0 Å². The molecular formula is C16H20N2. The maximum atomic E-state index is 4.69. The van der Waals surface area contributed by atoms with E-state index in [9.17, 15) is 0 Å². The minimum absolute atomic E-state index is 0.749. The van der Waals surface area contributed by atoms with E-state index >= 15 is 0 Å². The van der Waals surface area contributed by atoms with E-state index in [0.29, 0.717) is 0 Å². The summed E-state index contributed by atoms with van der Waals surface area (Å²) in [6.45, 7) is 7.36. The number of nitrogens with one attached hydrogen (secondary N) is 1. The minimum atomic E-state index is 0.749. The number of benzene rings is 1. The summed E-state index contributed by atoms with van der Waals surface area (Å²) in [7, 11) is 0. The van der Waals surface area contributed by atoms with Gasteiger partial charge in [0.05, 0.1) is 5.52 Å². The van der Waals surface area contributed by atoms with Crippen LogP contribution in [0.5, 0.6) is 0 Å². The largest absolute Gasteiger partial charge is 0.310 e. The first kappa shape index (κ1) is 11.7. The molecule has 1 fully saturated rings. The first-order chi connectivity index (χ1) is 8.63. The second-order valence-corrected chi connectivity index (χ2v) is 5.56. The Morgan fingerprint density at radius 2 is 1.94 bits per heavy atom. The van der Waals surface area contributed by atoms with Crippen LogP contribution in [0, 0.1) is 20.8 Å². The molecule has 0 spiro atoms. The van der Waals surface area contributed by atoms with Crippen molar-refractivity contribution < 1.29 is 0 Å². The number of rotatable bonds is 3. The first-order valence-corrected chi connectivity index (χ1v) is 6.74. The van der Waals surface area contributed by atoms with Crippen molar-refractivity contribution in [1.82, 2.24) is 10.3 Å². The predicted molar refractivity (Wildman–Crippen MR) is 75.8 cm³/mol. The van der Waals surface area contributed by atoms with Crippen molar-refractivity contribution in [1.29, 1.82) is 0 Å². The van der Waals surface area contributed by atoms with Crippen LogP contribution in [0.3, 0.4) is 0 Å². The number of nitrogens with zero attached hydrogens (tertiary/aromatic N) is 1. The lowest BCUT2D eigenvalue weighted by Crippen LogP contribution is -2.16. The molecule has 1 aliphatic carbocycles. The highest BCUT2D eigenvalue weighted by Crippen LogP contribution is 2.25. The molecule has 0 amide bonds. The smallest absolute Gasteiger partial charge is 0.0737 e. The first-order valence-electron chi connectivity index (χ1n) is 6.74. The van der Waals surface area contributed by atoms with Gasteiger partial charge in [-0.05, 0) is 56.9 Å². The Bertz CT molecular complexity index is 598. The molecule has 0 unspecified atom stereocenters. The van der Waals surface area contributed by atoms with Gasteiger partial charge in [0.2, 0.25) is 0 Å². The lowest BCUT2D eigenvalue weighted by atomic mass is 10.0. The van der Waals surface area contributed by atoms with Gasteiger partial charge in [0, 0.05) is 23.7 Å². The molecule has 1 aromatic carbocycles. The number of hydrogen-bond donors (Lipinski definition) is 1. The standard InChI is InChI=1S/C16H20N2/c1-10-6-11(2)16-15(7-10)13(8-12(3)18-16)9-17-14-4-5-14/h6-8,14,17H,4-5,9H2,1-3H3. The Hall–Kier alpha value is -1.41. The van der Waals surface area contributed by atoms with Gasteiger partial charge in [-0.15, -0.1) is 0 Å². The number of fused-ring (bicyclic) bond motifs is 1. The van der Waals surface area contributed by atoms with Crippen molar-refractivity contribution in [2.45, 2.75) is 46.2 Å². The Morgan fingerprint density at radius 3 is 2.67 bits per heavy atom. The number of hydrogen-bond acceptors (Lipinski definition) is 2. The van der Waals surface area contributed by atoms with Gasteiger partial charge in [0.25, 0.3) is 0 Å². The molecular weight excluding hydrogens is 220 g/mol. The molecule has 0 radical (unpaired) electrons. The van der Waals surface area contributed by atoms with Crippen molar-refractivity contribution >= 4 is 10.9 Å². The van der Waals surface area contributed by atoms with E-state index in [1.807, 2.05) is 0 Å². The van der Waals surface area contributed by atoms with Gasteiger partial charge >= 0.3 is 0 Å². The quantitative estimate of drug-likeness (QED) is 0.889. The zero-order chi connectivity index (χ0) is 12.7. The number of aromatic nitrogens is 1. The van der Waals surface area contributed by atoms with Crippen LogP contribution in [0.4, 0.5) is 0 Å². The molecule has 0 aliphatic heterocycles. The zero-order valence-corrected chi connectivity index (χ0v) is 11.4. The molecule has 0 saturated heterocycles. The van der Waals surface area contributed by atoms with E-state index in [-0.39, 0.29) is 0 Å². The molecule has 1 aliphatic rings. The number of aryl methyl sites for hydroxylation is 3. The average Bonchev–Trinajstić information content (AvgIpc) is 3.11. The highest BCUT2D eigenvalue weighted by atomic mass is 14.9. The second kappa shape index (κ2) is 4.36. The Balaban J connectivity index is 2.09. The number of pyridine rings is 1. The summed E-state index contributed by atoms with van der Waals surface area (Å²) in [4.78, 5) is 4.69. The SMILES string of the molecule is Cc1cc(C)c2nc(C)cc(CNC3CC3)c2c1. The molecule has 0 atom stereocenters. The van der Waals surface area contributed by atoms with Gasteiger partial charge in [-0.2, -0.15) is 0 Å². The van der Waals surface area contributed by atoms with E-state index in [1.54, 1.807) is 0 Å². The van der Waals surface area contributed by atoms with Gasteiger partial charge < -0.3 is 5.32 Å². The molecule has 1 N–H and O–H groups in total. The Labute approximate surface area is 108 Å². The van der Waals surface area contributed by atoms with Crippen LogP contribution < -0.4 is 5.32 Å². The van der Waals surface area contributed by atoms with Crippen LogP contribution >= 0.6 is 0 Å². The van der Waals surface area contributed by atoms with Crippen LogP contribution in [0.2, 0.25) is 0 Å². The van der Waals surface area contributed by atoms with Crippen molar-refractivity contribution in [2.75, 3.05) is 0 Å². The summed E-state index contributed by atoms with van der Waals surface area (Å²) in [6, 6.07) is 7.45. The Morgan fingerprint density at radius 1 is 1.17 bits per heavy atom. The van der Waals surface area contributed by atoms with Crippen molar-refractivity contribution in [3.05, 3.63) is 40.6 Å². The fraction of sp³-hybridized carbons (Fsp3) is 0.438. The molecule has 2 heteroatoms. The molecule has 1 heterocycles. The maximum absolute atomic E-state index is 4.69. The van der Waals surface area contributed by atoms with Crippen LogP contribution in [0.25, 0.3) is 10.9 Å². The van der Waals surface area contributed by atoms with E-state index in [2.05, 4.69) is 44.3 Å². The average molecular weight is 240 g/mol. The van der Waals surface area contributed by atoms with Crippen molar-refractivity contribution in [3.63, 3.8) is 0 Å². The van der Waals surface area contributed by atoms with Gasteiger partial charge in [0.1, 0.15) is 0 Å². The van der Waals surface area contributed by atoms with E-state index in [4.69, 9.17) is 4.98 Å². The monoisotopic (exact) mass is 240 g/mol. The van der Waals surface area contributed by atoms with E-state index in [1.165, 1.54) is 34.9 Å². The van der Waals surface area contributed by atoms with E-state index in [0.717, 1.165) is 23.8 Å². The summed E-state index contributed by atoms with van der Waals surface area (Å²) < 4.78 is 0. The third kappa shape index (κ3) is 2.25. The topological polar surface area (TPSA) is 24.9 Å². The summed E-state index contributed by atoms with van der Waals surface area (Å²) >= 11 is 0. The molecule has 0 bridgehead atoms. The lowest BCUT2D eigenvalue weighted by Gasteiger charge is -2.11. The van der Waals surface area contributed by atoms with Crippen molar-refractivity contribution in [3.8, 4) is 0 Å². The molecule has 3 rings (SSSR count). The lowest BCUT2D eigenvalue weighted by molar-refractivity contribution is 0.690. The predicted octanol–water partition coefficient (Wildman–Crippen LogP) is 3.41. The Kier molecular flexibility index (Phi) is 2.83. The zero-order valence-electron chi connectivity index (χ0n) is 11.4. The third-order valence-electron chi connectivity index (χ3n) is 3.62. The highest BCUT2D eigenvalue weighted by molar-refractivity contribution is 5.86. The van der Waals surface area contributed by atoms with Crippen LogP contribution in [0.15, 0.2) is 18.2 Å². The maximum Gasteiger partial charge on any atom is 0.0737 e. The molecule has 2 aromatic rings. The molecule has 1 saturated carbocycles. The van der Waals surface area contributed by atoms with Gasteiger partial charge in [-0.1, -0.05) is 11.6 Å². The summed E-state index contributed by atoms with van der Waals surface area (Å²) in [6.07, 6.45) is 2.67. The third-order valence-corrected chi connectivity index (χ3v) is 3.62. The fourth-order valence-electron chi connectivity index (χ4n) is 2.58. The van der Waals surface area contributed by atoms with Crippen LogP contribution in [-0.2, 0) is 6.54 Å². The normalized spacial score (nSPS) is 15.3. The second-order valence-electron chi connectivity index (χ2n) is 5.56. The molecule has 94 valence electrons. The molecule has 18 heavy (non-hydrogen) atoms. The highest BCUT2D eigenvalue weighted by Gasteiger charge is 2.20. The van der Waals surface area contributed by atoms with Gasteiger partial charge in [-0.3, -0.25) is 4.98 Å². The summed E-state index contributed by atoms with van der Waals surface area (Å²) in [5.41, 5.74) is 6.26. The minimum Gasteiger partial charge on any atom is -0.310 e. The van der Waals surface area contributed by atoms with Crippen LogP contribution in [0.1, 0.15) is 35.2 Å². The fourth-order valence-corrected chi connectivity index (χ4v) is 2.58. The van der Waals surface area contributed by atoms with E-state index < -0.39 is 0 Å². The molecule has 2 nitrogen and oxygen atoms in total. The summed E-state index contributed by atoms with van der Waals surface area (Å²) in [5, 5.41) is 4.91. The van der Waals surface area contributed by atoms with Crippen LogP contribution in [-0.4, -0.2) is 11.0 Å². The summed E-state index contributed by atoms with van der Waals surface area (Å²) in [5.74, 6) is 0. The molecule has 1 aromatic heterocycles. The van der Waals surface area contributed by atoms with Gasteiger partial charge in [-0.25, -0.2) is 0 Å².